The Kier molecular flexibility index (Phi) is 6.41. The highest BCUT2D eigenvalue weighted by molar-refractivity contribution is 7.89. The topological polar surface area (TPSA) is 66.5 Å². The normalized spacial score (nSPS) is 15.6. The number of halogens is 2. The molecular formula is C20H22F2N2O3S. The van der Waals surface area contributed by atoms with Crippen LogP contribution in [0, 0.1) is 11.6 Å². The molecule has 1 amide bonds. The summed E-state index contributed by atoms with van der Waals surface area (Å²) in [6.45, 7) is 0.914. The summed E-state index contributed by atoms with van der Waals surface area (Å²) in [7, 11) is -3.57. The van der Waals surface area contributed by atoms with Crippen LogP contribution in [0.15, 0.2) is 53.4 Å². The number of rotatable bonds is 6. The number of nitrogens with one attached hydrogen (secondary N) is 1. The predicted molar refractivity (Wildman–Crippen MR) is 101 cm³/mol. The number of likely N-dealkylation sites (tertiary alicyclic amines) is 1. The van der Waals surface area contributed by atoms with Crippen molar-refractivity contribution in [1.29, 1.82) is 0 Å². The molecule has 1 aliphatic heterocycles. The molecule has 1 fully saturated rings. The molecule has 0 bridgehead atoms. The number of aryl methyl sites for hydroxylation is 1. The van der Waals surface area contributed by atoms with Gasteiger partial charge in [-0.1, -0.05) is 24.3 Å². The molecule has 0 unspecified atom stereocenters. The molecule has 1 heterocycles. The molecule has 0 atom stereocenters. The Balaban J connectivity index is 1.48. The molecule has 1 N–H and O–H groups in total. The summed E-state index contributed by atoms with van der Waals surface area (Å²) in [4.78, 5) is 14.3. The van der Waals surface area contributed by atoms with E-state index < -0.39 is 21.7 Å². The quantitative estimate of drug-likeness (QED) is 0.799. The van der Waals surface area contributed by atoms with Crippen molar-refractivity contribution < 1.29 is 22.0 Å². The van der Waals surface area contributed by atoms with E-state index >= 15 is 0 Å². The molecule has 5 nitrogen and oxygen atoms in total. The van der Waals surface area contributed by atoms with Gasteiger partial charge < -0.3 is 4.90 Å². The van der Waals surface area contributed by atoms with Gasteiger partial charge in [-0.05, 0) is 49.1 Å². The van der Waals surface area contributed by atoms with Crippen LogP contribution in [0.1, 0.15) is 24.8 Å². The van der Waals surface area contributed by atoms with Gasteiger partial charge in [0.2, 0.25) is 15.9 Å². The number of amides is 1. The molecule has 0 aromatic heterocycles. The Bertz CT molecular complexity index is 928. The van der Waals surface area contributed by atoms with E-state index in [0.29, 0.717) is 37.9 Å². The second-order valence-corrected chi connectivity index (χ2v) is 8.55. The second kappa shape index (κ2) is 8.79. The number of piperidine rings is 1. The fraction of sp³-hybridized carbons (Fsp3) is 0.350. The largest absolute Gasteiger partial charge is 0.343 e. The summed E-state index contributed by atoms with van der Waals surface area (Å²) in [5.74, 6) is -1.90. The van der Waals surface area contributed by atoms with Gasteiger partial charge in [0, 0.05) is 25.6 Å². The first kappa shape index (κ1) is 20.4. The Morgan fingerprint density at radius 2 is 1.71 bits per heavy atom. The van der Waals surface area contributed by atoms with Crippen LogP contribution < -0.4 is 4.72 Å². The van der Waals surface area contributed by atoms with Crippen LogP contribution in [-0.2, 0) is 21.2 Å². The van der Waals surface area contributed by atoms with Crippen LogP contribution >= 0.6 is 0 Å². The summed E-state index contributed by atoms with van der Waals surface area (Å²) in [6, 6.07) is 11.6. The van der Waals surface area contributed by atoms with Crippen molar-refractivity contribution in [2.75, 3.05) is 13.1 Å². The lowest BCUT2D eigenvalue weighted by Crippen LogP contribution is -2.46. The number of carbonyl (C=O) groups is 1. The number of hydrogen-bond acceptors (Lipinski definition) is 3. The Hall–Kier alpha value is -2.32. The lowest BCUT2D eigenvalue weighted by Gasteiger charge is -2.32. The van der Waals surface area contributed by atoms with Gasteiger partial charge in [0.1, 0.15) is 0 Å². The molecule has 2 aromatic carbocycles. The smallest absolute Gasteiger partial charge is 0.240 e. The lowest BCUT2D eigenvalue weighted by atomic mass is 10.0. The summed E-state index contributed by atoms with van der Waals surface area (Å²) >= 11 is 0. The summed E-state index contributed by atoms with van der Waals surface area (Å²) in [5, 5.41) is 0. The summed E-state index contributed by atoms with van der Waals surface area (Å²) in [6.07, 6.45) is 1.59. The molecule has 28 heavy (non-hydrogen) atoms. The van der Waals surface area contributed by atoms with E-state index in [1.165, 1.54) is 6.07 Å². The minimum Gasteiger partial charge on any atom is -0.343 e. The van der Waals surface area contributed by atoms with Crippen LogP contribution in [0.5, 0.6) is 0 Å². The van der Waals surface area contributed by atoms with Gasteiger partial charge in [-0.15, -0.1) is 0 Å². The van der Waals surface area contributed by atoms with E-state index in [0.717, 1.165) is 12.1 Å². The summed E-state index contributed by atoms with van der Waals surface area (Å²) in [5.41, 5.74) is 0.567. The highest BCUT2D eigenvalue weighted by Crippen LogP contribution is 2.17. The highest BCUT2D eigenvalue weighted by atomic mass is 32.2. The maximum Gasteiger partial charge on any atom is 0.240 e. The van der Waals surface area contributed by atoms with E-state index in [4.69, 9.17) is 0 Å². The average molecular weight is 408 g/mol. The molecule has 1 aliphatic rings. The summed E-state index contributed by atoms with van der Waals surface area (Å²) < 4.78 is 53.6. The molecule has 8 heteroatoms. The predicted octanol–water partition coefficient (Wildman–Crippen LogP) is 2.87. The first-order valence-electron chi connectivity index (χ1n) is 9.14. The fourth-order valence-corrected chi connectivity index (χ4v) is 4.56. The Morgan fingerprint density at radius 3 is 2.36 bits per heavy atom. The molecule has 0 spiro atoms. The molecule has 2 aromatic rings. The van der Waals surface area contributed by atoms with Gasteiger partial charge >= 0.3 is 0 Å². The van der Waals surface area contributed by atoms with E-state index in [2.05, 4.69) is 4.72 Å². The SMILES string of the molecule is O=C(CCc1ccc(F)c(F)c1)N1CCC(NS(=O)(=O)c2ccccc2)CC1. The van der Waals surface area contributed by atoms with E-state index in [1.807, 2.05) is 0 Å². The monoisotopic (exact) mass is 408 g/mol. The van der Waals surface area contributed by atoms with E-state index in [-0.39, 0.29) is 23.3 Å². The number of carbonyl (C=O) groups excluding carboxylic acids is 1. The first-order chi connectivity index (χ1) is 13.3. The third-order valence-electron chi connectivity index (χ3n) is 4.83. The third kappa shape index (κ3) is 5.14. The van der Waals surface area contributed by atoms with Crippen LogP contribution in [-0.4, -0.2) is 38.4 Å². The maximum absolute atomic E-state index is 13.2. The van der Waals surface area contributed by atoms with Gasteiger partial charge in [0.25, 0.3) is 0 Å². The zero-order valence-corrected chi connectivity index (χ0v) is 16.1. The zero-order chi connectivity index (χ0) is 20.1. The van der Waals surface area contributed by atoms with Crippen molar-refractivity contribution in [2.45, 2.75) is 36.6 Å². The van der Waals surface area contributed by atoms with E-state index in [9.17, 15) is 22.0 Å². The standard InChI is InChI=1S/C20H22F2N2O3S/c21-18-8-6-15(14-19(18)22)7-9-20(25)24-12-10-16(11-13-24)23-28(26,27)17-4-2-1-3-5-17/h1-6,8,14,16,23H,7,9-13H2. The number of hydrogen-bond donors (Lipinski definition) is 1. The van der Waals surface area contributed by atoms with Gasteiger partial charge in [0.05, 0.1) is 4.90 Å². The zero-order valence-electron chi connectivity index (χ0n) is 15.3. The van der Waals surface area contributed by atoms with Crippen molar-refractivity contribution in [2.24, 2.45) is 0 Å². The minimum atomic E-state index is -3.57. The number of benzene rings is 2. The molecule has 1 saturated heterocycles. The fourth-order valence-electron chi connectivity index (χ4n) is 3.24. The third-order valence-corrected chi connectivity index (χ3v) is 6.37. The van der Waals surface area contributed by atoms with Crippen LogP contribution in [0.3, 0.4) is 0 Å². The lowest BCUT2D eigenvalue weighted by molar-refractivity contribution is -0.132. The van der Waals surface area contributed by atoms with Crippen LogP contribution in [0.2, 0.25) is 0 Å². The minimum absolute atomic E-state index is 0.0749. The maximum atomic E-state index is 13.2. The van der Waals surface area contributed by atoms with Gasteiger partial charge in [0.15, 0.2) is 11.6 Å². The molecule has 0 saturated carbocycles. The average Bonchev–Trinajstić information content (AvgIpc) is 2.69. The number of nitrogens with zero attached hydrogens (tertiary/aromatic N) is 1. The molecular weight excluding hydrogens is 386 g/mol. The first-order valence-corrected chi connectivity index (χ1v) is 10.6. The van der Waals surface area contributed by atoms with Gasteiger partial charge in [-0.25, -0.2) is 21.9 Å². The van der Waals surface area contributed by atoms with Crippen LogP contribution in [0.4, 0.5) is 8.78 Å². The van der Waals surface area contributed by atoms with Gasteiger partial charge in [-0.3, -0.25) is 4.79 Å². The van der Waals surface area contributed by atoms with E-state index in [1.54, 1.807) is 35.2 Å². The Morgan fingerprint density at radius 1 is 1.04 bits per heavy atom. The van der Waals surface area contributed by atoms with Crippen molar-refractivity contribution in [1.82, 2.24) is 9.62 Å². The number of sulfonamides is 1. The molecule has 150 valence electrons. The Labute approximate surface area is 163 Å². The molecule has 0 radical (unpaired) electrons. The second-order valence-electron chi connectivity index (χ2n) is 6.84. The van der Waals surface area contributed by atoms with Crippen molar-refractivity contribution in [3.05, 3.63) is 65.7 Å². The molecule has 3 rings (SSSR count). The molecule has 0 aliphatic carbocycles. The van der Waals surface area contributed by atoms with Crippen molar-refractivity contribution in [3.8, 4) is 0 Å². The highest BCUT2D eigenvalue weighted by Gasteiger charge is 2.26. The van der Waals surface area contributed by atoms with Crippen molar-refractivity contribution >= 4 is 15.9 Å². The van der Waals surface area contributed by atoms with Gasteiger partial charge in [-0.2, -0.15) is 0 Å². The van der Waals surface area contributed by atoms with Crippen LogP contribution in [0.25, 0.3) is 0 Å². The van der Waals surface area contributed by atoms with Crippen molar-refractivity contribution in [3.63, 3.8) is 0 Å².